The third kappa shape index (κ3) is 2.72. The lowest BCUT2D eigenvalue weighted by molar-refractivity contribution is 0.280. The van der Waals surface area contributed by atoms with Crippen LogP contribution in [0.15, 0.2) is 18.2 Å². The number of benzene rings is 1. The van der Waals surface area contributed by atoms with E-state index in [0.29, 0.717) is 18.2 Å². The van der Waals surface area contributed by atoms with E-state index in [-0.39, 0.29) is 6.61 Å². The minimum absolute atomic E-state index is 0.00851. The van der Waals surface area contributed by atoms with Crippen molar-refractivity contribution in [1.82, 2.24) is 0 Å². The fourth-order valence-electron chi connectivity index (χ4n) is 0.828. The van der Waals surface area contributed by atoms with E-state index in [9.17, 15) is 0 Å². The van der Waals surface area contributed by atoms with Gasteiger partial charge in [-0.25, -0.2) is 0 Å². The maximum absolute atomic E-state index is 8.79. The van der Waals surface area contributed by atoms with Crippen LogP contribution >= 0.6 is 11.6 Å². The molecule has 1 rings (SSSR count). The number of hydrogen-bond donors (Lipinski definition) is 1. The monoisotopic (exact) mass is 185 g/mol. The summed E-state index contributed by atoms with van der Waals surface area (Å²) in [6.07, 6.45) is 0. The van der Waals surface area contributed by atoms with E-state index in [1.807, 2.05) is 0 Å². The van der Waals surface area contributed by atoms with Crippen LogP contribution < -0.4 is 4.74 Å². The second-order valence-electron chi connectivity index (χ2n) is 2.27. The molecule has 0 spiro atoms. The van der Waals surface area contributed by atoms with Gasteiger partial charge in [0.05, 0.1) is 12.5 Å². The van der Waals surface area contributed by atoms with Crippen LogP contribution in [0.4, 0.5) is 0 Å². The Bertz CT molecular complexity index is 238. The molecule has 0 atom stereocenters. The van der Waals surface area contributed by atoms with Crippen LogP contribution in [0.3, 0.4) is 0 Å². The van der Waals surface area contributed by atoms with E-state index in [2.05, 4.69) is 6.07 Å². The molecule has 0 aliphatic carbocycles. The zero-order chi connectivity index (χ0) is 8.81. The number of halogens is 1. The molecule has 3 heteroatoms. The minimum Gasteiger partial charge on any atom is -0.492 e. The summed E-state index contributed by atoms with van der Waals surface area (Å²) in [6.45, 7) is 0.485. The summed E-state index contributed by atoms with van der Waals surface area (Å²) in [5.41, 5.74) is 0.794. The Morgan fingerprint density at radius 3 is 3.00 bits per heavy atom. The number of aliphatic hydroxyl groups is 1. The standard InChI is InChI=1S/C9H10ClO2/c10-4-5-12-9-3-1-2-8(6-9)7-11/h2-3,6,11H,4-5,7H2. The minimum atomic E-state index is 0.00851. The molecule has 0 aromatic heterocycles. The van der Waals surface area contributed by atoms with E-state index in [0.717, 1.165) is 5.56 Å². The highest BCUT2D eigenvalue weighted by molar-refractivity contribution is 6.17. The first kappa shape index (κ1) is 9.36. The van der Waals surface area contributed by atoms with E-state index in [1.54, 1.807) is 18.2 Å². The molecule has 0 saturated heterocycles. The first-order chi connectivity index (χ1) is 5.86. The van der Waals surface area contributed by atoms with Crippen molar-refractivity contribution in [3.05, 3.63) is 29.8 Å². The number of alkyl halides is 1. The van der Waals surface area contributed by atoms with Gasteiger partial charge >= 0.3 is 0 Å². The number of hydrogen-bond acceptors (Lipinski definition) is 2. The fourth-order valence-corrected chi connectivity index (χ4v) is 0.905. The topological polar surface area (TPSA) is 29.5 Å². The van der Waals surface area contributed by atoms with Gasteiger partial charge in [0.15, 0.2) is 0 Å². The summed E-state index contributed by atoms with van der Waals surface area (Å²) in [6, 6.07) is 8.06. The predicted octanol–water partition coefficient (Wildman–Crippen LogP) is 1.60. The van der Waals surface area contributed by atoms with Crippen molar-refractivity contribution in [2.75, 3.05) is 12.5 Å². The average molecular weight is 186 g/mol. The van der Waals surface area contributed by atoms with Gasteiger partial charge in [0.25, 0.3) is 0 Å². The summed E-state index contributed by atoms with van der Waals surface area (Å²) < 4.78 is 5.22. The lowest BCUT2D eigenvalue weighted by atomic mass is 10.2. The number of rotatable bonds is 4. The molecule has 0 aliphatic rings. The number of ether oxygens (including phenoxy) is 1. The van der Waals surface area contributed by atoms with Crippen LogP contribution in [0, 0.1) is 6.07 Å². The van der Waals surface area contributed by atoms with Crippen LogP contribution in [-0.2, 0) is 6.61 Å². The second kappa shape index (κ2) is 5.01. The highest BCUT2D eigenvalue weighted by atomic mass is 35.5. The summed E-state index contributed by atoms with van der Waals surface area (Å²) in [7, 11) is 0. The predicted molar refractivity (Wildman–Crippen MR) is 47.4 cm³/mol. The van der Waals surface area contributed by atoms with Gasteiger partial charge in [-0.15, -0.1) is 11.6 Å². The lowest BCUT2D eigenvalue weighted by Crippen LogP contribution is -1.98. The summed E-state index contributed by atoms with van der Waals surface area (Å²) >= 11 is 5.44. The number of aliphatic hydroxyl groups excluding tert-OH is 1. The molecule has 1 aromatic carbocycles. The van der Waals surface area contributed by atoms with Gasteiger partial charge < -0.3 is 9.84 Å². The third-order valence-corrected chi connectivity index (χ3v) is 1.50. The van der Waals surface area contributed by atoms with Crippen molar-refractivity contribution in [2.45, 2.75) is 6.61 Å². The molecule has 1 radical (unpaired) electrons. The van der Waals surface area contributed by atoms with Crippen molar-refractivity contribution in [3.63, 3.8) is 0 Å². The zero-order valence-corrected chi connectivity index (χ0v) is 7.34. The van der Waals surface area contributed by atoms with Gasteiger partial charge in [-0.2, -0.15) is 0 Å². The summed E-state index contributed by atoms with van der Waals surface area (Å²) in [5, 5.41) is 8.79. The second-order valence-corrected chi connectivity index (χ2v) is 2.65. The Morgan fingerprint density at radius 2 is 2.33 bits per heavy atom. The third-order valence-electron chi connectivity index (χ3n) is 1.35. The van der Waals surface area contributed by atoms with Gasteiger partial charge in [-0.05, 0) is 29.8 Å². The van der Waals surface area contributed by atoms with Gasteiger partial charge in [0.2, 0.25) is 0 Å². The maximum Gasteiger partial charge on any atom is 0.120 e. The van der Waals surface area contributed by atoms with Crippen molar-refractivity contribution < 1.29 is 9.84 Å². The van der Waals surface area contributed by atoms with E-state index in [1.165, 1.54) is 0 Å². The van der Waals surface area contributed by atoms with Crippen LogP contribution in [0.2, 0.25) is 0 Å². The average Bonchev–Trinajstić information content (AvgIpc) is 2.15. The molecular formula is C9H10ClO2. The first-order valence-electron chi connectivity index (χ1n) is 3.66. The van der Waals surface area contributed by atoms with Gasteiger partial charge in [0, 0.05) is 0 Å². The molecular weight excluding hydrogens is 176 g/mol. The quantitative estimate of drug-likeness (QED) is 0.723. The zero-order valence-electron chi connectivity index (χ0n) is 6.59. The van der Waals surface area contributed by atoms with Crippen LogP contribution in [0.25, 0.3) is 0 Å². The maximum atomic E-state index is 8.79. The smallest absolute Gasteiger partial charge is 0.120 e. The SMILES string of the molecule is OCc1c[c]cc(OCCCl)c1. The normalized spacial score (nSPS) is 9.83. The molecule has 0 heterocycles. The highest BCUT2D eigenvalue weighted by Gasteiger charge is 1.94. The Kier molecular flexibility index (Phi) is 3.91. The highest BCUT2D eigenvalue weighted by Crippen LogP contribution is 2.12. The molecule has 1 aromatic rings. The van der Waals surface area contributed by atoms with Crippen molar-refractivity contribution in [2.24, 2.45) is 0 Å². The Hall–Kier alpha value is -0.730. The molecule has 12 heavy (non-hydrogen) atoms. The Balaban J connectivity index is 2.60. The molecule has 0 bridgehead atoms. The summed E-state index contributed by atoms with van der Waals surface area (Å²) in [4.78, 5) is 0. The van der Waals surface area contributed by atoms with Crippen molar-refractivity contribution in [3.8, 4) is 5.75 Å². The largest absolute Gasteiger partial charge is 0.492 e. The molecule has 0 amide bonds. The van der Waals surface area contributed by atoms with E-state index >= 15 is 0 Å². The molecule has 0 aliphatic heterocycles. The lowest BCUT2D eigenvalue weighted by Gasteiger charge is -2.04. The molecule has 0 unspecified atom stereocenters. The first-order valence-corrected chi connectivity index (χ1v) is 4.20. The van der Waals surface area contributed by atoms with Crippen LogP contribution in [0.1, 0.15) is 5.56 Å². The summed E-state index contributed by atoms with van der Waals surface area (Å²) in [5.74, 6) is 1.16. The molecule has 2 nitrogen and oxygen atoms in total. The molecule has 1 N–H and O–H groups in total. The molecule has 0 saturated carbocycles. The Labute approximate surface area is 76.7 Å². The Morgan fingerprint density at radius 1 is 1.50 bits per heavy atom. The van der Waals surface area contributed by atoms with Gasteiger partial charge in [-0.1, -0.05) is 0 Å². The van der Waals surface area contributed by atoms with E-state index in [4.69, 9.17) is 21.4 Å². The van der Waals surface area contributed by atoms with Gasteiger partial charge in [-0.3, -0.25) is 0 Å². The van der Waals surface area contributed by atoms with Crippen LogP contribution in [-0.4, -0.2) is 17.6 Å². The fraction of sp³-hybridized carbons (Fsp3) is 0.333. The van der Waals surface area contributed by atoms with E-state index < -0.39 is 0 Å². The molecule has 0 fully saturated rings. The van der Waals surface area contributed by atoms with Crippen molar-refractivity contribution >= 4 is 11.6 Å². The molecule has 65 valence electrons. The van der Waals surface area contributed by atoms with Crippen LogP contribution in [0.5, 0.6) is 5.75 Å². The van der Waals surface area contributed by atoms with Gasteiger partial charge in [0.1, 0.15) is 12.4 Å². The van der Waals surface area contributed by atoms with Crippen molar-refractivity contribution in [1.29, 1.82) is 0 Å².